The van der Waals surface area contributed by atoms with Crippen LogP contribution >= 0.6 is 0 Å². The number of rotatable bonds is 5. The first-order chi connectivity index (χ1) is 10.1. The maximum Gasteiger partial charge on any atom is 0.258 e. The van der Waals surface area contributed by atoms with E-state index in [-0.39, 0.29) is 18.6 Å². The Balaban J connectivity index is 1.47. The van der Waals surface area contributed by atoms with Crippen LogP contribution in [0, 0.1) is 24.7 Å². The van der Waals surface area contributed by atoms with Crippen molar-refractivity contribution in [1.29, 1.82) is 0 Å². The molecule has 0 saturated heterocycles. The molecule has 4 atom stereocenters. The molecular weight excluding hydrogens is 262 g/mol. The molecule has 0 aromatic heterocycles. The third-order valence-electron chi connectivity index (χ3n) is 5.28. The molecule has 2 aliphatic rings. The second-order valence-corrected chi connectivity index (χ2v) is 6.75. The first kappa shape index (κ1) is 14.4. The zero-order valence-electron chi connectivity index (χ0n) is 13.0. The summed E-state index contributed by atoms with van der Waals surface area (Å²) in [4.78, 5) is 12.1. The highest BCUT2D eigenvalue weighted by molar-refractivity contribution is 5.77. The number of aryl methyl sites for hydroxylation is 1. The number of fused-ring (bicyclic) bond motifs is 2. The Hall–Kier alpha value is -1.51. The molecule has 2 bridgehead atoms. The molecule has 2 saturated carbocycles. The number of hydrogen-bond donors (Lipinski definition) is 1. The van der Waals surface area contributed by atoms with Gasteiger partial charge in [0.1, 0.15) is 5.75 Å². The van der Waals surface area contributed by atoms with Crippen molar-refractivity contribution in [1.82, 2.24) is 5.32 Å². The lowest BCUT2D eigenvalue weighted by Gasteiger charge is -2.28. The topological polar surface area (TPSA) is 38.3 Å². The fourth-order valence-electron chi connectivity index (χ4n) is 4.17. The van der Waals surface area contributed by atoms with Crippen molar-refractivity contribution in [3.05, 3.63) is 29.8 Å². The van der Waals surface area contributed by atoms with Gasteiger partial charge in [-0.1, -0.05) is 24.6 Å². The molecule has 2 fully saturated rings. The Morgan fingerprint density at radius 1 is 1.33 bits per heavy atom. The van der Waals surface area contributed by atoms with Crippen molar-refractivity contribution >= 4 is 5.91 Å². The summed E-state index contributed by atoms with van der Waals surface area (Å²) in [6.07, 6.45) is 5.43. The monoisotopic (exact) mass is 287 g/mol. The third-order valence-corrected chi connectivity index (χ3v) is 5.28. The average Bonchev–Trinajstić information content (AvgIpc) is 3.09. The molecule has 0 aliphatic heterocycles. The van der Waals surface area contributed by atoms with E-state index in [9.17, 15) is 4.79 Å². The molecule has 1 aromatic carbocycles. The average molecular weight is 287 g/mol. The minimum atomic E-state index is -0.00599. The summed E-state index contributed by atoms with van der Waals surface area (Å²) in [6.45, 7) is 4.25. The van der Waals surface area contributed by atoms with Crippen LogP contribution in [0.15, 0.2) is 24.3 Å². The van der Waals surface area contributed by atoms with Crippen molar-refractivity contribution in [2.45, 2.75) is 45.6 Å². The van der Waals surface area contributed by atoms with Crippen molar-refractivity contribution in [2.24, 2.45) is 17.8 Å². The van der Waals surface area contributed by atoms with Gasteiger partial charge in [0.15, 0.2) is 6.61 Å². The van der Waals surface area contributed by atoms with Gasteiger partial charge in [0.25, 0.3) is 5.91 Å². The standard InChI is InChI=1S/C18H25NO2/c1-12-5-3-4-6-17(12)21-11-18(20)19-13(2)16-10-14-7-8-15(16)9-14/h3-6,13-16H,7-11H2,1-2H3,(H,19,20). The number of benzene rings is 1. The predicted molar refractivity (Wildman–Crippen MR) is 83.2 cm³/mol. The number of ether oxygens (including phenoxy) is 1. The van der Waals surface area contributed by atoms with E-state index < -0.39 is 0 Å². The molecule has 1 N–H and O–H groups in total. The maximum atomic E-state index is 12.1. The lowest BCUT2D eigenvalue weighted by atomic mass is 9.84. The molecular formula is C18H25NO2. The maximum absolute atomic E-state index is 12.1. The van der Waals surface area contributed by atoms with Crippen molar-refractivity contribution in [2.75, 3.05) is 6.61 Å². The quantitative estimate of drug-likeness (QED) is 0.902. The Morgan fingerprint density at radius 3 is 2.81 bits per heavy atom. The number of carbonyl (C=O) groups excluding carboxylic acids is 1. The molecule has 0 radical (unpaired) electrons. The SMILES string of the molecule is Cc1ccccc1OCC(=O)NC(C)C1CC2CCC1C2. The van der Waals surface area contributed by atoms with Crippen LogP contribution in [0.2, 0.25) is 0 Å². The predicted octanol–water partition coefficient (Wildman–Crippen LogP) is 3.31. The van der Waals surface area contributed by atoms with E-state index in [4.69, 9.17) is 4.74 Å². The molecule has 4 unspecified atom stereocenters. The van der Waals surface area contributed by atoms with Crippen LogP contribution < -0.4 is 10.1 Å². The van der Waals surface area contributed by atoms with Gasteiger partial charge in [-0.05, 0) is 62.5 Å². The van der Waals surface area contributed by atoms with E-state index in [0.29, 0.717) is 5.92 Å². The van der Waals surface area contributed by atoms with Gasteiger partial charge in [0, 0.05) is 6.04 Å². The van der Waals surface area contributed by atoms with Gasteiger partial charge in [0.05, 0.1) is 0 Å². The van der Waals surface area contributed by atoms with Gasteiger partial charge < -0.3 is 10.1 Å². The highest BCUT2D eigenvalue weighted by Gasteiger charge is 2.42. The highest BCUT2D eigenvalue weighted by Crippen LogP contribution is 2.49. The summed E-state index contributed by atoms with van der Waals surface area (Å²) < 4.78 is 5.61. The highest BCUT2D eigenvalue weighted by atomic mass is 16.5. The van der Waals surface area contributed by atoms with Gasteiger partial charge in [0.2, 0.25) is 0 Å². The Labute approximate surface area is 127 Å². The first-order valence-electron chi connectivity index (χ1n) is 8.11. The molecule has 114 valence electrons. The van der Waals surface area contributed by atoms with Crippen LogP contribution in [0.3, 0.4) is 0 Å². The van der Waals surface area contributed by atoms with Crippen LogP contribution in [-0.2, 0) is 4.79 Å². The minimum absolute atomic E-state index is 0.00599. The van der Waals surface area contributed by atoms with Gasteiger partial charge in [-0.3, -0.25) is 4.79 Å². The van der Waals surface area contributed by atoms with Crippen LogP contribution in [0.1, 0.15) is 38.2 Å². The molecule has 0 spiro atoms. The fourth-order valence-corrected chi connectivity index (χ4v) is 4.17. The molecule has 1 aromatic rings. The molecule has 2 aliphatic carbocycles. The largest absolute Gasteiger partial charge is 0.484 e. The van der Waals surface area contributed by atoms with Crippen molar-refractivity contribution < 1.29 is 9.53 Å². The molecule has 3 nitrogen and oxygen atoms in total. The van der Waals surface area contributed by atoms with E-state index in [1.165, 1.54) is 25.7 Å². The molecule has 3 rings (SSSR count). The third kappa shape index (κ3) is 3.22. The van der Waals surface area contributed by atoms with Crippen molar-refractivity contribution in [3.63, 3.8) is 0 Å². The lowest BCUT2D eigenvalue weighted by molar-refractivity contribution is -0.124. The van der Waals surface area contributed by atoms with Gasteiger partial charge >= 0.3 is 0 Å². The zero-order chi connectivity index (χ0) is 14.8. The van der Waals surface area contributed by atoms with E-state index in [1.54, 1.807) is 0 Å². The normalized spacial score (nSPS) is 28.4. The van der Waals surface area contributed by atoms with Crippen LogP contribution in [0.5, 0.6) is 5.75 Å². The molecule has 21 heavy (non-hydrogen) atoms. The zero-order valence-corrected chi connectivity index (χ0v) is 13.0. The van der Waals surface area contributed by atoms with Crippen LogP contribution in [-0.4, -0.2) is 18.6 Å². The number of carbonyl (C=O) groups is 1. The number of hydrogen-bond acceptors (Lipinski definition) is 2. The Bertz CT molecular complexity index is 514. The van der Waals surface area contributed by atoms with E-state index in [1.807, 2.05) is 31.2 Å². The van der Waals surface area contributed by atoms with Crippen LogP contribution in [0.25, 0.3) is 0 Å². The van der Waals surface area contributed by atoms with E-state index >= 15 is 0 Å². The number of para-hydroxylation sites is 1. The number of nitrogens with one attached hydrogen (secondary N) is 1. The van der Waals surface area contributed by atoms with E-state index in [0.717, 1.165) is 23.1 Å². The summed E-state index contributed by atoms with van der Waals surface area (Å²) in [5.41, 5.74) is 1.06. The molecule has 3 heteroatoms. The van der Waals surface area contributed by atoms with Gasteiger partial charge in [-0.15, -0.1) is 0 Å². The fraction of sp³-hybridized carbons (Fsp3) is 0.611. The van der Waals surface area contributed by atoms with E-state index in [2.05, 4.69) is 12.2 Å². The lowest BCUT2D eigenvalue weighted by Crippen LogP contribution is -2.42. The van der Waals surface area contributed by atoms with Crippen molar-refractivity contribution in [3.8, 4) is 5.75 Å². The van der Waals surface area contributed by atoms with Crippen LogP contribution in [0.4, 0.5) is 0 Å². The summed E-state index contributed by atoms with van der Waals surface area (Å²) in [6, 6.07) is 8.07. The Morgan fingerprint density at radius 2 is 2.14 bits per heavy atom. The second kappa shape index (κ2) is 6.08. The minimum Gasteiger partial charge on any atom is -0.484 e. The molecule has 0 heterocycles. The van der Waals surface area contributed by atoms with Gasteiger partial charge in [-0.25, -0.2) is 0 Å². The summed E-state index contributed by atoms with van der Waals surface area (Å²) in [7, 11) is 0. The van der Waals surface area contributed by atoms with Gasteiger partial charge in [-0.2, -0.15) is 0 Å². The number of amides is 1. The summed E-state index contributed by atoms with van der Waals surface area (Å²) in [5, 5.41) is 3.13. The smallest absolute Gasteiger partial charge is 0.258 e. The molecule has 1 amide bonds. The Kier molecular flexibility index (Phi) is 4.18. The summed E-state index contributed by atoms with van der Waals surface area (Å²) in [5.74, 6) is 3.21. The summed E-state index contributed by atoms with van der Waals surface area (Å²) >= 11 is 0. The first-order valence-corrected chi connectivity index (χ1v) is 8.11. The second-order valence-electron chi connectivity index (χ2n) is 6.75.